The summed E-state index contributed by atoms with van der Waals surface area (Å²) < 4.78 is 89.0. The van der Waals surface area contributed by atoms with Crippen molar-refractivity contribution in [2.24, 2.45) is 0 Å². The van der Waals surface area contributed by atoms with Gasteiger partial charge in [-0.1, -0.05) is 18.2 Å². The van der Waals surface area contributed by atoms with Gasteiger partial charge in [-0.25, -0.2) is 36.3 Å². The van der Waals surface area contributed by atoms with Gasteiger partial charge in [0.15, 0.2) is 0 Å². The molecule has 0 spiro atoms. The molecule has 6 nitrogen and oxygen atoms in total. The first-order valence-corrected chi connectivity index (χ1v) is 11.8. The van der Waals surface area contributed by atoms with E-state index in [1.54, 1.807) is 6.92 Å². The van der Waals surface area contributed by atoms with Crippen LogP contribution in [0.2, 0.25) is 0 Å². The molecule has 0 bridgehead atoms. The van der Waals surface area contributed by atoms with Gasteiger partial charge in [-0.2, -0.15) is 0 Å². The molecule has 1 N–H and O–H groups in total. The highest BCUT2D eigenvalue weighted by molar-refractivity contribution is 5.92. The first-order valence-electron chi connectivity index (χ1n) is 11.8. The number of hydrogen-bond acceptors (Lipinski definition) is 5. The molecule has 2 aromatic heterocycles. The molecule has 0 amide bonds. The van der Waals surface area contributed by atoms with Crippen molar-refractivity contribution in [2.45, 2.75) is 69.6 Å². The summed E-state index contributed by atoms with van der Waals surface area (Å²) in [5, 5.41) is 3.21. The Hall–Kier alpha value is -3.31. The van der Waals surface area contributed by atoms with Crippen molar-refractivity contribution in [1.82, 2.24) is 14.5 Å². The molecule has 2 heterocycles. The molecule has 0 saturated heterocycles. The van der Waals surface area contributed by atoms with E-state index < -0.39 is 66.5 Å². The van der Waals surface area contributed by atoms with Gasteiger partial charge in [0, 0.05) is 24.6 Å². The van der Waals surface area contributed by atoms with Gasteiger partial charge >= 0.3 is 0 Å². The van der Waals surface area contributed by atoms with Crippen LogP contribution in [0, 0.1) is 12.7 Å². The number of pyridine rings is 1. The van der Waals surface area contributed by atoms with E-state index in [0.717, 1.165) is 6.07 Å². The molecule has 0 aliphatic heterocycles. The SMILES string of the molecule is Cc1nc(N[C@H](C)c2cccc(C(F)F)c2F)c2cn(C3(CF)CC3)c(=O)c(OC3CC(F)(F)C3)c2n1. The van der Waals surface area contributed by atoms with E-state index in [9.17, 15) is 31.1 Å². The zero-order valence-corrected chi connectivity index (χ0v) is 20.0. The molecule has 37 heavy (non-hydrogen) atoms. The molecule has 1 atom stereocenters. The predicted molar refractivity (Wildman–Crippen MR) is 124 cm³/mol. The first kappa shape index (κ1) is 25.3. The van der Waals surface area contributed by atoms with Crippen molar-refractivity contribution < 1.29 is 31.1 Å². The highest BCUT2D eigenvalue weighted by atomic mass is 19.3. The number of hydrogen-bond donors (Lipinski definition) is 1. The second kappa shape index (κ2) is 8.91. The summed E-state index contributed by atoms with van der Waals surface area (Å²) in [6.07, 6.45) is -2.88. The van der Waals surface area contributed by atoms with Gasteiger partial charge < -0.3 is 14.6 Å². The molecule has 5 rings (SSSR count). The Labute approximate surface area is 207 Å². The van der Waals surface area contributed by atoms with Crippen molar-refractivity contribution in [1.29, 1.82) is 0 Å². The molecule has 0 radical (unpaired) electrons. The molecule has 1 aromatic carbocycles. The quantitative estimate of drug-likeness (QED) is 0.366. The second-order valence-corrected chi connectivity index (χ2v) is 9.79. The Morgan fingerprint density at radius 2 is 1.86 bits per heavy atom. The average molecular weight is 526 g/mol. The van der Waals surface area contributed by atoms with Crippen molar-refractivity contribution in [3.05, 3.63) is 57.5 Å². The standard InChI is InChI=1S/C25H24F6N4O2/c1-12(15-4-3-5-16(18(15)27)21(28)29)32-22-17-10-35(24(11-26)6-7-24)23(36)20(19(17)33-13(2)34-22)37-14-8-25(30,31)9-14/h3-5,10,12,14,21H,6-9,11H2,1-2H3,(H,32,33,34)/t12-/m1/s1. The smallest absolute Gasteiger partial charge is 0.295 e. The van der Waals surface area contributed by atoms with E-state index in [1.807, 2.05) is 0 Å². The van der Waals surface area contributed by atoms with Gasteiger partial charge in [0.1, 0.15) is 35.8 Å². The number of benzene rings is 1. The third-order valence-corrected chi connectivity index (χ3v) is 6.98. The summed E-state index contributed by atoms with van der Waals surface area (Å²) in [6, 6.07) is 2.83. The number of rotatable bonds is 8. The van der Waals surface area contributed by atoms with E-state index in [4.69, 9.17) is 4.74 Å². The molecule has 3 aromatic rings. The number of nitrogens with one attached hydrogen (secondary N) is 1. The second-order valence-electron chi connectivity index (χ2n) is 9.79. The number of aryl methyl sites for hydroxylation is 1. The molecule has 2 saturated carbocycles. The lowest BCUT2D eigenvalue weighted by atomic mass is 9.91. The van der Waals surface area contributed by atoms with Crippen LogP contribution in [0.15, 0.2) is 29.2 Å². The van der Waals surface area contributed by atoms with Gasteiger partial charge in [-0.3, -0.25) is 4.79 Å². The monoisotopic (exact) mass is 526 g/mol. The van der Waals surface area contributed by atoms with E-state index in [-0.39, 0.29) is 33.9 Å². The topological polar surface area (TPSA) is 69.0 Å². The lowest BCUT2D eigenvalue weighted by Crippen LogP contribution is -2.44. The predicted octanol–water partition coefficient (Wildman–Crippen LogP) is 5.98. The maximum Gasteiger partial charge on any atom is 0.295 e. The number of fused-ring (bicyclic) bond motifs is 1. The summed E-state index contributed by atoms with van der Waals surface area (Å²) >= 11 is 0. The zero-order valence-electron chi connectivity index (χ0n) is 20.0. The Kier molecular flexibility index (Phi) is 6.11. The van der Waals surface area contributed by atoms with Crippen LogP contribution in [0.5, 0.6) is 5.75 Å². The van der Waals surface area contributed by atoms with E-state index >= 15 is 0 Å². The number of ether oxygens (including phenoxy) is 1. The Morgan fingerprint density at radius 3 is 2.46 bits per heavy atom. The average Bonchev–Trinajstić information content (AvgIpc) is 3.60. The highest BCUT2D eigenvalue weighted by Crippen LogP contribution is 2.45. The molecule has 2 fully saturated rings. The largest absolute Gasteiger partial charge is 0.482 e. The van der Waals surface area contributed by atoms with Gasteiger partial charge in [0.2, 0.25) is 5.75 Å². The van der Waals surface area contributed by atoms with Gasteiger partial charge in [-0.15, -0.1) is 0 Å². The fraction of sp³-hybridized carbons (Fsp3) is 0.480. The van der Waals surface area contributed by atoms with Crippen LogP contribution in [0.1, 0.15) is 62.0 Å². The van der Waals surface area contributed by atoms with Crippen LogP contribution in [-0.2, 0) is 5.54 Å². The molecule has 2 aliphatic rings. The van der Waals surface area contributed by atoms with Crippen LogP contribution in [0.3, 0.4) is 0 Å². The molecule has 12 heteroatoms. The van der Waals surface area contributed by atoms with Crippen molar-refractivity contribution in [3.63, 3.8) is 0 Å². The zero-order chi connectivity index (χ0) is 26.7. The normalized spacial score (nSPS) is 19.1. The highest BCUT2D eigenvalue weighted by Gasteiger charge is 2.49. The number of anilines is 1. The van der Waals surface area contributed by atoms with Gasteiger partial charge in [-0.05, 0) is 26.7 Å². The molecule has 2 aliphatic carbocycles. The number of halogens is 6. The fourth-order valence-corrected chi connectivity index (χ4v) is 4.64. The fourth-order valence-electron chi connectivity index (χ4n) is 4.64. The lowest BCUT2D eigenvalue weighted by Gasteiger charge is -2.35. The van der Waals surface area contributed by atoms with Gasteiger partial charge in [0.25, 0.3) is 17.9 Å². The van der Waals surface area contributed by atoms with Crippen LogP contribution in [0.25, 0.3) is 10.9 Å². The Bertz CT molecular complexity index is 1410. The van der Waals surface area contributed by atoms with E-state index in [0.29, 0.717) is 12.8 Å². The summed E-state index contributed by atoms with van der Waals surface area (Å²) in [5.41, 5.74) is -2.51. The Balaban J connectivity index is 1.62. The maximum atomic E-state index is 14.8. The number of nitrogens with zero attached hydrogens (tertiary/aromatic N) is 3. The van der Waals surface area contributed by atoms with Crippen molar-refractivity contribution in [3.8, 4) is 5.75 Å². The molecular weight excluding hydrogens is 502 g/mol. The summed E-state index contributed by atoms with van der Waals surface area (Å²) in [5.74, 6) is -3.92. The molecule has 198 valence electrons. The third-order valence-electron chi connectivity index (χ3n) is 6.98. The van der Waals surface area contributed by atoms with Crippen LogP contribution < -0.4 is 15.6 Å². The minimum absolute atomic E-state index is 0.0360. The van der Waals surface area contributed by atoms with E-state index in [1.165, 1.54) is 29.8 Å². The molecular formula is C25H24F6N4O2. The van der Waals surface area contributed by atoms with Gasteiger partial charge in [0.05, 0.1) is 22.5 Å². The summed E-state index contributed by atoms with van der Waals surface area (Å²) in [7, 11) is 0. The number of aromatic nitrogens is 3. The van der Waals surface area contributed by atoms with Crippen molar-refractivity contribution >= 4 is 16.7 Å². The van der Waals surface area contributed by atoms with E-state index in [2.05, 4.69) is 15.3 Å². The maximum absolute atomic E-state index is 14.8. The minimum Gasteiger partial charge on any atom is -0.482 e. The minimum atomic E-state index is -3.00. The summed E-state index contributed by atoms with van der Waals surface area (Å²) in [6.45, 7) is 2.26. The van der Waals surface area contributed by atoms with Crippen LogP contribution in [-0.4, -0.2) is 33.2 Å². The molecule has 0 unspecified atom stereocenters. The van der Waals surface area contributed by atoms with Crippen LogP contribution >= 0.6 is 0 Å². The summed E-state index contributed by atoms with van der Waals surface area (Å²) in [4.78, 5) is 22.0. The first-order chi connectivity index (χ1) is 17.4. The Morgan fingerprint density at radius 1 is 1.19 bits per heavy atom. The lowest BCUT2D eigenvalue weighted by molar-refractivity contribution is -0.134. The van der Waals surface area contributed by atoms with Crippen molar-refractivity contribution in [2.75, 3.05) is 12.0 Å². The van der Waals surface area contributed by atoms with Crippen LogP contribution in [0.4, 0.5) is 32.2 Å². The third kappa shape index (κ3) is 4.50. The number of alkyl halides is 5.